The molecule has 96 valence electrons. The maximum absolute atomic E-state index is 12.0. The highest BCUT2D eigenvalue weighted by Crippen LogP contribution is 2.09. The Bertz CT molecular complexity index is 624. The van der Waals surface area contributed by atoms with E-state index in [-0.39, 0.29) is 17.9 Å². The van der Waals surface area contributed by atoms with Crippen LogP contribution in [0.25, 0.3) is 0 Å². The van der Waals surface area contributed by atoms with E-state index in [2.05, 4.69) is 0 Å². The van der Waals surface area contributed by atoms with Crippen molar-refractivity contribution in [2.24, 2.45) is 7.05 Å². The lowest BCUT2D eigenvalue weighted by atomic mass is 10.1. The molecule has 0 bridgehead atoms. The van der Waals surface area contributed by atoms with Crippen LogP contribution in [-0.2, 0) is 13.5 Å². The molecule has 2 aromatic rings. The number of carbonyl (C=O) groups excluding carboxylic acids is 1. The van der Waals surface area contributed by atoms with Crippen LogP contribution in [0, 0.1) is 10.1 Å². The number of aryl methyl sites for hydroxylation is 1. The van der Waals surface area contributed by atoms with E-state index in [0.29, 0.717) is 5.56 Å². The van der Waals surface area contributed by atoms with Gasteiger partial charge in [-0.3, -0.25) is 14.9 Å². The lowest BCUT2D eigenvalue weighted by molar-refractivity contribution is -0.681. The molecule has 0 saturated heterocycles. The van der Waals surface area contributed by atoms with Gasteiger partial charge in [0.1, 0.15) is 7.05 Å². The summed E-state index contributed by atoms with van der Waals surface area (Å²) in [6.07, 6.45) is 1.63. The molecule has 0 amide bonds. The Morgan fingerprint density at radius 2 is 1.89 bits per heavy atom. The lowest BCUT2D eigenvalue weighted by Crippen LogP contribution is -2.34. The molecule has 0 atom stereocenters. The third-order valence-corrected chi connectivity index (χ3v) is 2.87. The van der Waals surface area contributed by atoms with E-state index in [1.54, 1.807) is 29.8 Å². The summed E-state index contributed by atoms with van der Waals surface area (Å²) in [5.74, 6) is -0.00921. The first kappa shape index (κ1) is 12.9. The third-order valence-electron chi connectivity index (χ3n) is 2.87. The highest BCUT2D eigenvalue weighted by atomic mass is 16.6. The molecule has 1 aromatic carbocycles. The molecule has 5 nitrogen and oxygen atoms in total. The quantitative estimate of drug-likeness (QED) is 0.363. The number of nitrogens with zero attached hydrogens (tertiary/aromatic N) is 2. The average Bonchev–Trinajstić information content (AvgIpc) is 2.41. The number of hydrogen-bond acceptors (Lipinski definition) is 3. The summed E-state index contributed by atoms with van der Waals surface area (Å²) in [5, 5.41) is 10.6. The van der Waals surface area contributed by atoms with Gasteiger partial charge in [0.25, 0.3) is 0 Å². The Morgan fingerprint density at radius 3 is 2.47 bits per heavy atom. The van der Waals surface area contributed by atoms with Crippen molar-refractivity contribution >= 4 is 11.5 Å². The van der Waals surface area contributed by atoms with Crippen molar-refractivity contribution in [3.8, 4) is 0 Å². The van der Waals surface area contributed by atoms with Crippen molar-refractivity contribution in [1.82, 2.24) is 0 Å². The number of ketones is 1. The molecule has 0 spiro atoms. The fraction of sp³-hybridized carbons (Fsp3) is 0.143. The second-order valence-corrected chi connectivity index (χ2v) is 4.21. The Kier molecular flexibility index (Phi) is 3.66. The van der Waals surface area contributed by atoms with E-state index < -0.39 is 4.92 Å². The van der Waals surface area contributed by atoms with Gasteiger partial charge in [-0.15, -0.1) is 0 Å². The van der Waals surface area contributed by atoms with Crippen LogP contribution in [0.15, 0.2) is 48.7 Å². The van der Waals surface area contributed by atoms with Crippen LogP contribution in [0.1, 0.15) is 16.1 Å². The Labute approximate surface area is 110 Å². The number of rotatable bonds is 4. The second kappa shape index (κ2) is 5.39. The molecule has 19 heavy (non-hydrogen) atoms. The van der Waals surface area contributed by atoms with Gasteiger partial charge in [-0.05, 0) is 0 Å². The fourth-order valence-corrected chi connectivity index (χ4v) is 1.81. The number of nitro groups is 1. The van der Waals surface area contributed by atoms with Gasteiger partial charge in [-0.2, -0.15) is 4.57 Å². The standard InChI is InChI=1S/C14H13N2O3/c1-15-10-13(16(18)19)8-7-12(15)9-14(17)11-5-3-2-4-6-11/h2-8,10H,9H2,1H3/q+1. The maximum Gasteiger partial charge on any atom is 0.332 e. The molecule has 2 rings (SSSR count). The lowest BCUT2D eigenvalue weighted by Gasteiger charge is -2.00. The van der Waals surface area contributed by atoms with Gasteiger partial charge >= 0.3 is 5.69 Å². The van der Waals surface area contributed by atoms with Crippen molar-refractivity contribution in [3.63, 3.8) is 0 Å². The Hall–Kier alpha value is -2.56. The predicted octanol–water partition coefficient (Wildman–Crippen LogP) is 1.84. The summed E-state index contributed by atoms with van der Waals surface area (Å²) in [6.45, 7) is 0. The van der Waals surface area contributed by atoms with Crippen LogP contribution in [0.5, 0.6) is 0 Å². The molecule has 0 aliphatic heterocycles. The Balaban J connectivity index is 2.20. The highest BCUT2D eigenvalue weighted by Gasteiger charge is 2.17. The average molecular weight is 257 g/mol. The van der Waals surface area contributed by atoms with Crippen LogP contribution in [0.3, 0.4) is 0 Å². The topological polar surface area (TPSA) is 64.1 Å². The largest absolute Gasteiger partial charge is 0.332 e. The summed E-state index contributed by atoms with van der Waals surface area (Å²) in [4.78, 5) is 22.2. The SMILES string of the molecule is C[n+]1cc([N+](=O)[O-])ccc1CC(=O)c1ccccc1. The molecule has 0 saturated carbocycles. The minimum absolute atomic E-state index is 0.00921. The first-order valence-electron chi connectivity index (χ1n) is 5.79. The van der Waals surface area contributed by atoms with Crippen molar-refractivity contribution in [2.75, 3.05) is 0 Å². The molecule has 0 radical (unpaired) electrons. The molecular weight excluding hydrogens is 244 g/mol. The predicted molar refractivity (Wildman–Crippen MR) is 68.7 cm³/mol. The Morgan fingerprint density at radius 1 is 1.21 bits per heavy atom. The third kappa shape index (κ3) is 3.01. The zero-order chi connectivity index (χ0) is 13.8. The van der Waals surface area contributed by atoms with Gasteiger partial charge < -0.3 is 0 Å². The molecule has 0 aliphatic rings. The van der Waals surface area contributed by atoms with E-state index >= 15 is 0 Å². The molecule has 0 fully saturated rings. The highest BCUT2D eigenvalue weighted by molar-refractivity contribution is 5.97. The van der Waals surface area contributed by atoms with E-state index in [9.17, 15) is 14.9 Å². The van der Waals surface area contributed by atoms with Crippen molar-refractivity contribution < 1.29 is 14.3 Å². The van der Waals surface area contributed by atoms with Crippen molar-refractivity contribution in [1.29, 1.82) is 0 Å². The molecular formula is C14H13N2O3+. The minimum atomic E-state index is -0.456. The van der Waals surface area contributed by atoms with Gasteiger partial charge in [0, 0.05) is 17.7 Å². The monoisotopic (exact) mass is 257 g/mol. The number of carbonyl (C=O) groups is 1. The van der Waals surface area contributed by atoms with Gasteiger partial charge in [-0.1, -0.05) is 30.3 Å². The number of hydrogen-bond donors (Lipinski definition) is 0. The smallest absolute Gasteiger partial charge is 0.294 e. The molecule has 0 aliphatic carbocycles. The zero-order valence-corrected chi connectivity index (χ0v) is 10.4. The minimum Gasteiger partial charge on any atom is -0.294 e. The van der Waals surface area contributed by atoms with Gasteiger partial charge in [0.2, 0.25) is 6.20 Å². The summed E-state index contributed by atoms with van der Waals surface area (Å²) in [5.41, 5.74) is 1.39. The summed E-state index contributed by atoms with van der Waals surface area (Å²) < 4.78 is 1.61. The van der Waals surface area contributed by atoms with Crippen molar-refractivity contribution in [3.05, 3.63) is 70.0 Å². The first-order chi connectivity index (χ1) is 9.08. The summed E-state index contributed by atoms with van der Waals surface area (Å²) >= 11 is 0. The van der Waals surface area contributed by atoms with Gasteiger partial charge in [0.15, 0.2) is 11.5 Å². The van der Waals surface area contributed by atoms with E-state index in [0.717, 1.165) is 5.69 Å². The molecule has 1 aromatic heterocycles. The zero-order valence-electron chi connectivity index (χ0n) is 10.4. The van der Waals surface area contributed by atoms with Crippen molar-refractivity contribution in [2.45, 2.75) is 6.42 Å². The van der Waals surface area contributed by atoms with E-state index in [4.69, 9.17) is 0 Å². The van der Waals surface area contributed by atoms with Crippen LogP contribution >= 0.6 is 0 Å². The van der Waals surface area contributed by atoms with E-state index in [1.807, 2.05) is 18.2 Å². The number of benzene rings is 1. The molecule has 5 heteroatoms. The second-order valence-electron chi connectivity index (χ2n) is 4.21. The molecule has 0 N–H and O–H groups in total. The number of pyridine rings is 1. The fourth-order valence-electron chi connectivity index (χ4n) is 1.81. The van der Waals surface area contributed by atoms with Gasteiger partial charge in [0.05, 0.1) is 11.3 Å². The number of aromatic nitrogens is 1. The normalized spacial score (nSPS) is 10.2. The van der Waals surface area contributed by atoms with Crippen LogP contribution in [0.4, 0.5) is 5.69 Å². The van der Waals surface area contributed by atoms with Crippen LogP contribution < -0.4 is 4.57 Å². The molecule has 0 unspecified atom stereocenters. The maximum atomic E-state index is 12.0. The summed E-state index contributed by atoms with van der Waals surface area (Å²) in [6, 6.07) is 12.0. The summed E-state index contributed by atoms with van der Waals surface area (Å²) in [7, 11) is 1.70. The molecule has 1 heterocycles. The van der Waals surface area contributed by atoms with Gasteiger partial charge in [-0.25, -0.2) is 0 Å². The van der Waals surface area contributed by atoms with Crippen LogP contribution in [-0.4, -0.2) is 10.7 Å². The van der Waals surface area contributed by atoms with Crippen LogP contribution in [0.2, 0.25) is 0 Å². The first-order valence-corrected chi connectivity index (χ1v) is 5.79. The number of Topliss-reactive ketones (excluding diaryl/α,β-unsaturated/α-hetero) is 1. The van der Waals surface area contributed by atoms with E-state index in [1.165, 1.54) is 12.3 Å².